The van der Waals surface area contributed by atoms with Gasteiger partial charge < -0.3 is 10.6 Å². The van der Waals surface area contributed by atoms with E-state index in [2.05, 4.69) is 39.7 Å². The van der Waals surface area contributed by atoms with E-state index in [4.69, 9.17) is 29.6 Å². The van der Waals surface area contributed by atoms with Crippen molar-refractivity contribution in [2.24, 2.45) is 5.73 Å². The second-order valence-corrected chi connectivity index (χ2v) is 5.81. The maximum atomic E-state index is 6.19. The van der Waals surface area contributed by atoms with Crippen molar-refractivity contribution in [2.45, 2.75) is 26.3 Å². The van der Waals surface area contributed by atoms with Gasteiger partial charge >= 0.3 is 0 Å². The highest BCUT2D eigenvalue weighted by Crippen LogP contribution is 2.27. The van der Waals surface area contributed by atoms with Crippen molar-refractivity contribution in [2.75, 3.05) is 11.4 Å². The van der Waals surface area contributed by atoms with E-state index >= 15 is 0 Å². The number of pyridine rings is 1. The number of nitrogens with two attached hydrogens (primary N) is 1. The molecule has 0 aliphatic carbocycles. The zero-order chi connectivity index (χ0) is 13.0. The van der Waals surface area contributed by atoms with Gasteiger partial charge in [0.2, 0.25) is 0 Å². The molecule has 0 saturated carbocycles. The predicted molar refractivity (Wildman–Crippen MR) is 80.8 cm³/mol. The van der Waals surface area contributed by atoms with Gasteiger partial charge in [-0.2, -0.15) is 0 Å². The Kier molecular flexibility index (Phi) is 5.62. The zero-order valence-electron chi connectivity index (χ0n) is 9.78. The highest BCUT2D eigenvalue weighted by atomic mass is 79.9. The molecule has 0 aromatic carbocycles. The summed E-state index contributed by atoms with van der Waals surface area (Å²) in [5.41, 5.74) is 5.53. The van der Waals surface area contributed by atoms with Crippen LogP contribution in [0.2, 0.25) is 5.02 Å². The maximum absolute atomic E-state index is 6.19. The SMILES string of the molecule is CC(C)N(CCC(N)=S)c1ncc(Br)cc1Cl. The molecule has 1 heterocycles. The molecule has 17 heavy (non-hydrogen) atoms. The van der Waals surface area contributed by atoms with E-state index in [0.717, 1.165) is 16.8 Å². The standard InChI is InChI=1S/C11H15BrClN3S/c1-7(2)16(4-3-10(14)17)11-9(13)5-8(12)6-15-11/h5-7H,3-4H2,1-2H3,(H2,14,17). The van der Waals surface area contributed by atoms with Crippen LogP contribution in [0, 0.1) is 0 Å². The normalized spacial score (nSPS) is 10.6. The first-order valence-electron chi connectivity index (χ1n) is 5.27. The number of nitrogens with zero attached hydrogens (tertiary/aromatic N) is 2. The van der Waals surface area contributed by atoms with Crippen molar-refractivity contribution in [3.63, 3.8) is 0 Å². The van der Waals surface area contributed by atoms with Crippen LogP contribution in [0.1, 0.15) is 20.3 Å². The van der Waals surface area contributed by atoms with E-state index in [9.17, 15) is 0 Å². The summed E-state index contributed by atoms with van der Waals surface area (Å²) in [4.78, 5) is 6.94. The summed E-state index contributed by atoms with van der Waals surface area (Å²) in [5, 5.41) is 0.621. The van der Waals surface area contributed by atoms with Crippen molar-refractivity contribution < 1.29 is 0 Å². The number of halogens is 2. The summed E-state index contributed by atoms with van der Waals surface area (Å²) in [7, 11) is 0. The molecule has 0 radical (unpaired) electrons. The van der Waals surface area contributed by atoms with Crippen LogP contribution in [0.5, 0.6) is 0 Å². The van der Waals surface area contributed by atoms with Gasteiger partial charge in [-0.1, -0.05) is 23.8 Å². The molecule has 3 nitrogen and oxygen atoms in total. The molecule has 0 spiro atoms. The Bertz CT molecular complexity index is 412. The molecule has 94 valence electrons. The van der Waals surface area contributed by atoms with Gasteiger partial charge in [0.1, 0.15) is 5.82 Å². The molecule has 6 heteroatoms. The van der Waals surface area contributed by atoms with Crippen LogP contribution in [0.4, 0.5) is 5.82 Å². The number of anilines is 1. The van der Waals surface area contributed by atoms with Crippen LogP contribution in [-0.2, 0) is 0 Å². The fraction of sp³-hybridized carbons (Fsp3) is 0.455. The van der Waals surface area contributed by atoms with Crippen molar-refractivity contribution in [1.82, 2.24) is 4.98 Å². The lowest BCUT2D eigenvalue weighted by molar-refractivity contribution is 0.681. The lowest BCUT2D eigenvalue weighted by Gasteiger charge is -2.28. The van der Waals surface area contributed by atoms with Crippen LogP contribution in [0.3, 0.4) is 0 Å². The minimum absolute atomic E-state index is 0.288. The lowest BCUT2D eigenvalue weighted by atomic mass is 10.2. The Labute approximate surface area is 120 Å². The van der Waals surface area contributed by atoms with E-state index in [1.54, 1.807) is 6.20 Å². The molecule has 0 aliphatic rings. The van der Waals surface area contributed by atoms with E-state index in [1.807, 2.05) is 6.07 Å². The molecule has 0 saturated heterocycles. The van der Waals surface area contributed by atoms with Gasteiger partial charge in [-0.25, -0.2) is 4.98 Å². The van der Waals surface area contributed by atoms with Gasteiger partial charge in [-0.3, -0.25) is 0 Å². The number of hydrogen-bond acceptors (Lipinski definition) is 3. The Hall–Kier alpha value is -0.390. The number of rotatable bonds is 5. The summed E-state index contributed by atoms with van der Waals surface area (Å²) in [5.74, 6) is 0.765. The topological polar surface area (TPSA) is 42.1 Å². The van der Waals surface area contributed by atoms with Crippen LogP contribution in [0.15, 0.2) is 16.7 Å². The van der Waals surface area contributed by atoms with E-state index < -0.39 is 0 Å². The summed E-state index contributed by atoms with van der Waals surface area (Å²) >= 11 is 14.4. The third-order valence-corrected chi connectivity index (χ3v) is 3.20. The molecule has 0 amide bonds. The number of thiocarbonyl (C=S) groups is 1. The highest BCUT2D eigenvalue weighted by molar-refractivity contribution is 9.10. The first-order chi connectivity index (χ1) is 7.91. The fourth-order valence-electron chi connectivity index (χ4n) is 1.46. The minimum atomic E-state index is 0.288. The van der Waals surface area contributed by atoms with Crippen molar-refractivity contribution in [3.8, 4) is 0 Å². The zero-order valence-corrected chi connectivity index (χ0v) is 12.9. The predicted octanol–water partition coefficient (Wildman–Crippen LogP) is 3.39. The van der Waals surface area contributed by atoms with E-state index in [-0.39, 0.29) is 6.04 Å². The van der Waals surface area contributed by atoms with Gasteiger partial charge in [0.25, 0.3) is 0 Å². The molecule has 0 atom stereocenters. The molecule has 0 unspecified atom stereocenters. The summed E-state index contributed by atoms with van der Waals surface area (Å²) in [6.07, 6.45) is 2.39. The Balaban J connectivity index is 2.93. The summed E-state index contributed by atoms with van der Waals surface area (Å²) < 4.78 is 0.865. The maximum Gasteiger partial charge on any atom is 0.147 e. The third kappa shape index (κ3) is 4.41. The minimum Gasteiger partial charge on any atom is -0.393 e. The van der Waals surface area contributed by atoms with Gasteiger partial charge in [0, 0.05) is 29.7 Å². The Morgan fingerprint density at radius 1 is 1.65 bits per heavy atom. The Morgan fingerprint density at radius 3 is 2.76 bits per heavy atom. The second-order valence-electron chi connectivity index (χ2n) is 3.96. The average Bonchev–Trinajstić information content (AvgIpc) is 2.20. The van der Waals surface area contributed by atoms with Crippen LogP contribution in [0.25, 0.3) is 0 Å². The number of aromatic nitrogens is 1. The largest absolute Gasteiger partial charge is 0.393 e. The molecule has 0 bridgehead atoms. The summed E-state index contributed by atoms with van der Waals surface area (Å²) in [6, 6.07) is 2.12. The second kappa shape index (κ2) is 6.52. The van der Waals surface area contributed by atoms with Gasteiger partial charge in [-0.05, 0) is 35.8 Å². The first kappa shape index (κ1) is 14.7. The molecule has 0 fully saturated rings. The van der Waals surface area contributed by atoms with Gasteiger partial charge in [0.15, 0.2) is 0 Å². The molecule has 2 N–H and O–H groups in total. The first-order valence-corrected chi connectivity index (χ1v) is 6.85. The molecular weight excluding hydrogens is 322 g/mol. The molecule has 1 rings (SSSR count). The van der Waals surface area contributed by atoms with Crippen molar-refractivity contribution in [3.05, 3.63) is 21.8 Å². The van der Waals surface area contributed by atoms with Crippen molar-refractivity contribution in [1.29, 1.82) is 0 Å². The van der Waals surface area contributed by atoms with Crippen LogP contribution in [-0.4, -0.2) is 22.6 Å². The monoisotopic (exact) mass is 335 g/mol. The smallest absolute Gasteiger partial charge is 0.147 e. The molecule has 1 aromatic rings. The van der Waals surface area contributed by atoms with Crippen LogP contribution >= 0.6 is 39.7 Å². The quantitative estimate of drug-likeness (QED) is 0.837. The van der Waals surface area contributed by atoms with Gasteiger partial charge in [-0.15, -0.1) is 0 Å². The van der Waals surface area contributed by atoms with Crippen molar-refractivity contribution >= 4 is 50.6 Å². The molecule has 0 aliphatic heterocycles. The third-order valence-electron chi connectivity index (χ3n) is 2.28. The summed E-state index contributed by atoms with van der Waals surface area (Å²) in [6.45, 7) is 4.89. The fourth-order valence-corrected chi connectivity index (χ4v) is 2.29. The molecule has 1 aromatic heterocycles. The highest BCUT2D eigenvalue weighted by Gasteiger charge is 2.15. The average molecular weight is 337 g/mol. The lowest BCUT2D eigenvalue weighted by Crippen LogP contribution is -2.34. The molecular formula is C11H15BrClN3S. The Morgan fingerprint density at radius 2 is 2.29 bits per heavy atom. The van der Waals surface area contributed by atoms with Gasteiger partial charge in [0.05, 0.1) is 10.0 Å². The van der Waals surface area contributed by atoms with Crippen LogP contribution < -0.4 is 10.6 Å². The van der Waals surface area contributed by atoms with E-state index in [0.29, 0.717) is 16.4 Å². The van der Waals surface area contributed by atoms with E-state index in [1.165, 1.54) is 0 Å². The number of hydrogen-bond donors (Lipinski definition) is 1.